The molecule has 0 aliphatic rings. The number of carboxylic acids is 1. The second-order valence-electron chi connectivity index (χ2n) is 4.92. The lowest BCUT2D eigenvalue weighted by Gasteiger charge is -2.16. The monoisotopic (exact) mass is 293 g/mol. The topological polar surface area (TPSA) is 70.3 Å². The number of carboxylic acid groups (broad SMARTS) is 1. The highest BCUT2D eigenvalue weighted by molar-refractivity contribution is 6.32. The second-order valence-corrected chi connectivity index (χ2v) is 5.33. The summed E-state index contributed by atoms with van der Waals surface area (Å²) in [5.41, 5.74) is 0.118. The van der Waals surface area contributed by atoms with Gasteiger partial charge < -0.3 is 9.84 Å². The van der Waals surface area contributed by atoms with Gasteiger partial charge in [0.05, 0.1) is 23.1 Å². The normalized spacial score (nSPS) is 11.3. The number of hydrogen-bond acceptors (Lipinski definition) is 3. The summed E-state index contributed by atoms with van der Waals surface area (Å²) in [4.78, 5) is 10.6. The second kappa shape index (κ2) is 6.97. The first kappa shape index (κ1) is 16.1. The minimum absolute atomic E-state index is 0.332. The van der Waals surface area contributed by atoms with Crippen LogP contribution in [-0.2, 0) is 4.79 Å². The van der Waals surface area contributed by atoms with Crippen LogP contribution >= 0.6 is 11.6 Å². The zero-order valence-electron chi connectivity index (χ0n) is 11.4. The maximum Gasteiger partial charge on any atom is 0.328 e. The van der Waals surface area contributed by atoms with Crippen molar-refractivity contribution in [3.8, 4) is 11.8 Å². The van der Waals surface area contributed by atoms with E-state index >= 15 is 0 Å². The smallest absolute Gasteiger partial charge is 0.328 e. The highest BCUT2D eigenvalue weighted by Gasteiger charge is 2.17. The molecule has 0 aliphatic carbocycles. The molecule has 0 saturated heterocycles. The van der Waals surface area contributed by atoms with Gasteiger partial charge in [-0.3, -0.25) is 0 Å². The van der Waals surface area contributed by atoms with E-state index in [1.54, 1.807) is 18.2 Å². The molecule has 0 saturated carbocycles. The fraction of sp³-hybridized carbons (Fsp3) is 0.333. The zero-order valence-corrected chi connectivity index (χ0v) is 12.1. The fourth-order valence-corrected chi connectivity index (χ4v) is 1.67. The molecule has 0 bridgehead atoms. The number of aliphatic carboxylic acids is 1. The summed E-state index contributed by atoms with van der Waals surface area (Å²) in [5, 5.41) is 18.0. The summed E-state index contributed by atoms with van der Waals surface area (Å²) in [6.07, 6.45) is 3.01. The van der Waals surface area contributed by atoms with Crippen LogP contribution in [0.25, 0.3) is 6.08 Å². The predicted octanol–water partition coefficient (Wildman–Crippen LogP) is 3.76. The molecular weight excluding hydrogens is 278 g/mol. The largest absolute Gasteiger partial charge is 0.491 e. The minimum atomic E-state index is -1.04. The first-order chi connectivity index (χ1) is 9.35. The number of nitriles is 1. The molecule has 1 aromatic carbocycles. The van der Waals surface area contributed by atoms with Crippen LogP contribution in [0.2, 0.25) is 5.02 Å². The van der Waals surface area contributed by atoms with E-state index in [2.05, 4.69) is 6.07 Å². The Hall–Kier alpha value is -1.99. The number of nitrogens with zero attached hydrogens (tertiary/aromatic N) is 1. The van der Waals surface area contributed by atoms with Crippen molar-refractivity contribution in [3.63, 3.8) is 0 Å². The van der Waals surface area contributed by atoms with Crippen molar-refractivity contribution >= 4 is 23.6 Å². The summed E-state index contributed by atoms with van der Waals surface area (Å²) < 4.78 is 5.61. The number of hydrogen-bond donors (Lipinski definition) is 1. The number of carbonyl (C=O) groups is 1. The van der Waals surface area contributed by atoms with Gasteiger partial charge in [-0.1, -0.05) is 23.7 Å². The first-order valence-corrected chi connectivity index (χ1v) is 6.47. The Balaban J connectivity index is 2.84. The van der Waals surface area contributed by atoms with Gasteiger partial charge in [0, 0.05) is 11.6 Å². The van der Waals surface area contributed by atoms with Gasteiger partial charge in [0.2, 0.25) is 0 Å². The van der Waals surface area contributed by atoms with E-state index in [0.717, 1.165) is 6.08 Å². The summed E-state index contributed by atoms with van der Waals surface area (Å²) in [6, 6.07) is 7.30. The van der Waals surface area contributed by atoms with E-state index in [-0.39, 0.29) is 0 Å². The molecule has 0 aromatic heterocycles. The number of benzene rings is 1. The Bertz CT molecular complexity index is 559. The maximum absolute atomic E-state index is 10.6. The lowest BCUT2D eigenvalue weighted by molar-refractivity contribution is -0.131. The first-order valence-electron chi connectivity index (χ1n) is 6.09. The molecule has 5 heteroatoms. The van der Waals surface area contributed by atoms with Crippen LogP contribution in [0.5, 0.6) is 5.75 Å². The quantitative estimate of drug-likeness (QED) is 0.811. The van der Waals surface area contributed by atoms with E-state index in [4.69, 9.17) is 26.7 Å². The highest BCUT2D eigenvalue weighted by Crippen LogP contribution is 2.30. The van der Waals surface area contributed by atoms with Gasteiger partial charge >= 0.3 is 5.97 Å². The molecule has 1 aromatic rings. The molecule has 20 heavy (non-hydrogen) atoms. The van der Waals surface area contributed by atoms with Crippen LogP contribution in [-0.4, -0.2) is 17.7 Å². The van der Waals surface area contributed by atoms with Gasteiger partial charge in [-0.15, -0.1) is 0 Å². The van der Waals surface area contributed by atoms with E-state index in [1.165, 1.54) is 6.08 Å². The summed E-state index contributed by atoms with van der Waals surface area (Å²) in [6.45, 7) is 3.99. The SMILES string of the molecule is CC(C)(C#N)CCOc1c(Cl)cccc1/C=C/C(=O)O. The summed E-state index contributed by atoms with van der Waals surface area (Å²) >= 11 is 6.06. The number of halogens is 1. The molecule has 1 rings (SSSR count). The van der Waals surface area contributed by atoms with Crippen LogP contribution in [0.4, 0.5) is 0 Å². The molecule has 0 amide bonds. The molecular formula is C15H16ClNO3. The van der Waals surface area contributed by atoms with Crippen LogP contribution in [0, 0.1) is 16.7 Å². The van der Waals surface area contributed by atoms with Crippen molar-refractivity contribution in [3.05, 3.63) is 34.9 Å². The minimum Gasteiger partial charge on any atom is -0.491 e. The van der Waals surface area contributed by atoms with Gasteiger partial charge in [-0.05, 0) is 32.4 Å². The fourth-order valence-electron chi connectivity index (χ4n) is 1.43. The maximum atomic E-state index is 10.6. The highest BCUT2D eigenvalue weighted by atomic mass is 35.5. The Morgan fingerprint density at radius 1 is 1.55 bits per heavy atom. The van der Waals surface area contributed by atoms with E-state index < -0.39 is 11.4 Å². The molecule has 4 nitrogen and oxygen atoms in total. The van der Waals surface area contributed by atoms with Crippen LogP contribution in [0.15, 0.2) is 24.3 Å². The molecule has 106 valence electrons. The van der Waals surface area contributed by atoms with Gasteiger partial charge in [0.25, 0.3) is 0 Å². The van der Waals surface area contributed by atoms with Crippen molar-refractivity contribution in [2.45, 2.75) is 20.3 Å². The van der Waals surface area contributed by atoms with Crippen molar-refractivity contribution in [1.29, 1.82) is 5.26 Å². The van der Waals surface area contributed by atoms with Gasteiger partial charge in [-0.25, -0.2) is 4.79 Å². The van der Waals surface area contributed by atoms with Gasteiger partial charge in [0.15, 0.2) is 0 Å². The summed E-state index contributed by atoms with van der Waals surface area (Å²) in [5.74, 6) is -0.609. The molecule has 0 atom stereocenters. The number of rotatable bonds is 6. The number of para-hydroxylation sites is 1. The molecule has 0 fully saturated rings. The lowest BCUT2D eigenvalue weighted by Crippen LogP contribution is -2.13. The van der Waals surface area contributed by atoms with Gasteiger partial charge in [0.1, 0.15) is 5.75 Å². The van der Waals surface area contributed by atoms with Crippen LogP contribution in [0.1, 0.15) is 25.8 Å². The van der Waals surface area contributed by atoms with Crippen LogP contribution < -0.4 is 4.74 Å². The average molecular weight is 294 g/mol. The lowest BCUT2D eigenvalue weighted by atomic mass is 9.92. The van der Waals surface area contributed by atoms with Crippen LogP contribution in [0.3, 0.4) is 0 Å². The predicted molar refractivity (Wildman–Crippen MR) is 77.6 cm³/mol. The molecule has 0 spiro atoms. The average Bonchev–Trinajstić information content (AvgIpc) is 2.38. The van der Waals surface area contributed by atoms with Crippen molar-refractivity contribution < 1.29 is 14.6 Å². The van der Waals surface area contributed by atoms with Crippen molar-refractivity contribution in [2.75, 3.05) is 6.61 Å². The molecule has 0 unspecified atom stereocenters. The third-order valence-electron chi connectivity index (χ3n) is 2.68. The van der Waals surface area contributed by atoms with E-state index in [9.17, 15) is 4.79 Å². The number of ether oxygens (including phenoxy) is 1. The Kier molecular flexibility index (Phi) is 5.60. The molecule has 1 N–H and O–H groups in total. The Morgan fingerprint density at radius 3 is 2.85 bits per heavy atom. The Morgan fingerprint density at radius 2 is 2.25 bits per heavy atom. The van der Waals surface area contributed by atoms with Crippen molar-refractivity contribution in [1.82, 2.24) is 0 Å². The van der Waals surface area contributed by atoms with E-state index in [0.29, 0.717) is 29.4 Å². The molecule has 0 aliphatic heterocycles. The standard InChI is InChI=1S/C15H16ClNO3/c1-15(2,10-17)8-9-20-14-11(6-7-13(18)19)4-3-5-12(14)16/h3-7H,8-9H2,1-2H3,(H,18,19)/b7-6+. The molecule has 0 heterocycles. The van der Waals surface area contributed by atoms with Gasteiger partial charge in [-0.2, -0.15) is 5.26 Å². The Labute approximate surface area is 123 Å². The van der Waals surface area contributed by atoms with E-state index in [1.807, 2.05) is 13.8 Å². The van der Waals surface area contributed by atoms with Crippen molar-refractivity contribution in [2.24, 2.45) is 5.41 Å². The third kappa shape index (κ3) is 4.94. The summed E-state index contributed by atoms with van der Waals surface area (Å²) in [7, 11) is 0. The molecule has 0 radical (unpaired) electrons. The third-order valence-corrected chi connectivity index (χ3v) is 2.98. The zero-order chi connectivity index (χ0) is 15.2.